The third-order valence-electron chi connectivity index (χ3n) is 3.43. The number of hydrogen-bond acceptors (Lipinski definition) is 10. The van der Waals surface area contributed by atoms with E-state index in [1.807, 2.05) is 10.9 Å². The first kappa shape index (κ1) is 20.8. The zero-order chi connectivity index (χ0) is 21.6. The summed E-state index contributed by atoms with van der Waals surface area (Å²) in [7, 11) is 0. The summed E-state index contributed by atoms with van der Waals surface area (Å²) in [6, 6.07) is 4.68. The summed E-state index contributed by atoms with van der Waals surface area (Å²) in [5.74, 6) is -5.47. The maximum Gasteiger partial charge on any atom is 0.249 e. The van der Waals surface area contributed by atoms with Gasteiger partial charge in [0, 0.05) is 11.1 Å². The standard InChI is InChI=1S/C17H16N4O8/c22-10-3-1-8(14(26)16(10)28)6-18-20-12(24)5-13(25)21-19-7-9-2-4-11(23)17(29)15(9)27/h1-4,6-7,22-23,26-29H,5H2,(H,20,24)(H,21,25)/b18-6+,19-7+. The number of amides is 2. The topological polar surface area (TPSA) is 204 Å². The highest BCUT2D eigenvalue weighted by molar-refractivity contribution is 5.97. The van der Waals surface area contributed by atoms with Gasteiger partial charge in [-0.3, -0.25) is 9.59 Å². The van der Waals surface area contributed by atoms with Crippen molar-refractivity contribution in [2.45, 2.75) is 6.42 Å². The first-order valence-corrected chi connectivity index (χ1v) is 7.82. The second-order valence-electron chi connectivity index (χ2n) is 5.51. The summed E-state index contributed by atoms with van der Waals surface area (Å²) < 4.78 is 0. The second-order valence-corrected chi connectivity index (χ2v) is 5.51. The Bertz CT molecular complexity index is 924. The van der Waals surface area contributed by atoms with Crippen molar-refractivity contribution in [3.05, 3.63) is 35.4 Å². The van der Waals surface area contributed by atoms with Gasteiger partial charge in [-0.05, 0) is 24.3 Å². The van der Waals surface area contributed by atoms with Crippen LogP contribution in [0.2, 0.25) is 0 Å². The summed E-state index contributed by atoms with van der Waals surface area (Å²) in [6.45, 7) is 0. The lowest BCUT2D eigenvalue weighted by molar-refractivity contribution is -0.129. The van der Waals surface area contributed by atoms with Crippen LogP contribution in [0.15, 0.2) is 34.5 Å². The molecule has 2 aromatic carbocycles. The number of hydrazone groups is 2. The van der Waals surface area contributed by atoms with E-state index >= 15 is 0 Å². The Morgan fingerprint density at radius 2 is 1.07 bits per heavy atom. The predicted octanol–water partition coefficient (Wildman–Crippen LogP) is -0.0893. The molecule has 12 nitrogen and oxygen atoms in total. The molecule has 0 saturated carbocycles. The van der Waals surface area contributed by atoms with Gasteiger partial charge in [0.15, 0.2) is 23.0 Å². The van der Waals surface area contributed by atoms with E-state index in [0.29, 0.717) is 0 Å². The van der Waals surface area contributed by atoms with Crippen LogP contribution in [-0.2, 0) is 9.59 Å². The fourth-order valence-electron chi connectivity index (χ4n) is 1.95. The maximum absolute atomic E-state index is 11.6. The number of carbonyl (C=O) groups excluding carboxylic acids is 2. The molecular weight excluding hydrogens is 388 g/mol. The van der Waals surface area contributed by atoms with E-state index in [2.05, 4.69) is 10.2 Å². The first-order chi connectivity index (χ1) is 13.7. The molecule has 152 valence electrons. The Kier molecular flexibility index (Phi) is 6.42. The van der Waals surface area contributed by atoms with Gasteiger partial charge in [0.05, 0.1) is 12.4 Å². The zero-order valence-electron chi connectivity index (χ0n) is 14.6. The third kappa shape index (κ3) is 5.26. The van der Waals surface area contributed by atoms with E-state index in [1.165, 1.54) is 12.1 Å². The molecule has 12 heteroatoms. The van der Waals surface area contributed by atoms with Crippen LogP contribution in [0.25, 0.3) is 0 Å². The van der Waals surface area contributed by atoms with Gasteiger partial charge in [-0.25, -0.2) is 10.9 Å². The van der Waals surface area contributed by atoms with Crippen molar-refractivity contribution in [3.63, 3.8) is 0 Å². The van der Waals surface area contributed by atoms with E-state index in [1.54, 1.807) is 0 Å². The van der Waals surface area contributed by atoms with Crippen LogP contribution in [0.4, 0.5) is 0 Å². The largest absolute Gasteiger partial charge is 0.504 e. The van der Waals surface area contributed by atoms with Crippen LogP contribution in [0.5, 0.6) is 34.5 Å². The van der Waals surface area contributed by atoms with Crippen molar-refractivity contribution in [2.75, 3.05) is 0 Å². The molecule has 0 radical (unpaired) electrons. The van der Waals surface area contributed by atoms with E-state index in [9.17, 15) is 40.2 Å². The molecule has 0 aliphatic carbocycles. The summed E-state index contributed by atoms with van der Waals surface area (Å²) in [5, 5.41) is 63.3. The first-order valence-electron chi connectivity index (χ1n) is 7.82. The Labute approximate surface area is 162 Å². The van der Waals surface area contributed by atoms with E-state index in [-0.39, 0.29) is 11.1 Å². The van der Waals surface area contributed by atoms with Crippen LogP contribution < -0.4 is 10.9 Å². The number of rotatable bonds is 6. The summed E-state index contributed by atoms with van der Waals surface area (Å²) in [4.78, 5) is 23.3. The van der Waals surface area contributed by atoms with Gasteiger partial charge in [0.2, 0.25) is 23.3 Å². The molecule has 0 aliphatic heterocycles. The van der Waals surface area contributed by atoms with Crippen molar-refractivity contribution >= 4 is 24.2 Å². The summed E-state index contributed by atoms with van der Waals surface area (Å²) in [5.41, 5.74) is 4.04. The maximum atomic E-state index is 11.6. The van der Waals surface area contributed by atoms with E-state index < -0.39 is 52.7 Å². The fourth-order valence-corrected chi connectivity index (χ4v) is 1.95. The second kappa shape index (κ2) is 8.94. The van der Waals surface area contributed by atoms with Crippen molar-refractivity contribution in [2.24, 2.45) is 10.2 Å². The number of phenols is 6. The Morgan fingerprint density at radius 1 is 0.690 bits per heavy atom. The lowest BCUT2D eigenvalue weighted by Gasteiger charge is -2.04. The number of phenolic OH excluding ortho intramolecular Hbond substituents is 6. The van der Waals surface area contributed by atoms with Gasteiger partial charge >= 0.3 is 0 Å². The molecular formula is C17H16N4O8. The molecule has 2 aromatic rings. The van der Waals surface area contributed by atoms with Gasteiger partial charge in [0.25, 0.3) is 0 Å². The molecule has 0 aliphatic rings. The van der Waals surface area contributed by atoms with Crippen molar-refractivity contribution < 1.29 is 40.2 Å². The minimum Gasteiger partial charge on any atom is -0.504 e. The van der Waals surface area contributed by atoms with E-state index in [4.69, 9.17) is 0 Å². The molecule has 0 spiro atoms. The minimum absolute atomic E-state index is 0.00612. The predicted molar refractivity (Wildman–Crippen MR) is 99.0 cm³/mol. The van der Waals surface area contributed by atoms with Crippen LogP contribution in [0, 0.1) is 0 Å². The third-order valence-corrected chi connectivity index (χ3v) is 3.43. The summed E-state index contributed by atoms with van der Waals surface area (Å²) in [6.07, 6.45) is 1.32. The Morgan fingerprint density at radius 3 is 1.45 bits per heavy atom. The Balaban J connectivity index is 1.86. The molecule has 0 fully saturated rings. The molecule has 8 N–H and O–H groups in total. The van der Waals surface area contributed by atoms with Crippen molar-refractivity contribution in [3.8, 4) is 34.5 Å². The molecule has 0 saturated heterocycles. The Hall–Kier alpha value is -4.48. The monoisotopic (exact) mass is 404 g/mol. The summed E-state index contributed by atoms with van der Waals surface area (Å²) >= 11 is 0. The number of nitrogens with zero attached hydrogens (tertiary/aromatic N) is 2. The number of carbonyl (C=O) groups is 2. The van der Waals surface area contributed by atoms with Gasteiger partial charge in [-0.1, -0.05) is 0 Å². The molecule has 0 bridgehead atoms. The highest BCUT2D eigenvalue weighted by atomic mass is 16.3. The van der Waals surface area contributed by atoms with Crippen LogP contribution in [-0.4, -0.2) is 54.9 Å². The molecule has 0 unspecified atom stereocenters. The highest BCUT2D eigenvalue weighted by Crippen LogP contribution is 2.36. The molecule has 0 heterocycles. The number of benzene rings is 2. The van der Waals surface area contributed by atoms with Gasteiger partial charge in [0.1, 0.15) is 6.42 Å². The van der Waals surface area contributed by atoms with Gasteiger partial charge in [-0.2, -0.15) is 10.2 Å². The van der Waals surface area contributed by atoms with Crippen molar-refractivity contribution in [1.29, 1.82) is 0 Å². The molecule has 2 rings (SSSR count). The average Bonchev–Trinajstić information content (AvgIpc) is 2.68. The number of hydrogen-bond donors (Lipinski definition) is 8. The zero-order valence-corrected chi connectivity index (χ0v) is 14.6. The normalized spacial score (nSPS) is 11.0. The number of aromatic hydroxyl groups is 6. The fraction of sp³-hybridized carbons (Fsp3) is 0.0588. The number of nitrogens with one attached hydrogen (secondary N) is 2. The average molecular weight is 404 g/mol. The van der Waals surface area contributed by atoms with Gasteiger partial charge < -0.3 is 30.6 Å². The smallest absolute Gasteiger partial charge is 0.249 e. The van der Waals surface area contributed by atoms with Gasteiger partial charge in [-0.15, -0.1) is 0 Å². The van der Waals surface area contributed by atoms with Crippen LogP contribution in [0.1, 0.15) is 17.5 Å². The molecule has 29 heavy (non-hydrogen) atoms. The minimum atomic E-state index is -0.818. The van der Waals surface area contributed by atoms with Crippen molar-refractivity contribution in [1.82, 2.24) is 10.9 Å². The van der Waals surface area contributed by atoms with Crippen LogP contribution >= 0.6 is 0 Å². The molecule has 0 atom stereocenters. The SMILES string of the molecule is O=C(CC(=O)N/N=C/c1ccc(O)c(O)c1O)N/N=C/c1ccc(O)c(O)c1O. The quantitative estimate of drug-likeness (QED) is 0.141. The molecule has 0 aromatic heterocycles. The lowest BCUT2D eigenvalue weighted by atomic mass is 10.2. The molecule has 2 amide bonds. The van der Waals surface area contributed by atoms with E-state index in [0.717, 1.165) is 24.6 Å². The lowest BCUT2D eigenvalue weighted by Crippen LogP contribution is -2.27. The highest BCUT2D eigenvalue weighted by Gasteiger charge is 2.11. The van der Waals surface area contributed by atoms with Crippen LogP contribution in [0.3, 0.4) is 0 Å².